The molecular weight excluding hydrogens is 469 g/mol. The minimum atomic E-state index is -1.09. The molecule has 3 N–H and O–H groups in total. The highest BCUT2D eigenvalue weighted by molar-refractivity contribution is 7.22. The van der Waals surface area contributed by atoms with Crippen LogP contribution in [0.1, 0.15) is 24.2 Å². The Balaban J connectivity index is 1.51. The molecule has 0 aliphatic heterocycles. The number of thiazole rings is 1. The van der Waals surface area contributed by atoms with Crippen molar-refractivity contribution >= 4 is 44.2 Å². The Bertz CT molecular complexity index is 1390. The van der Waals surface area contributed by atoms with E-state index in [-0.39, 0.29) is 17.3 Å². The molecule has 0 aliphatic carbocycles. The Morgan fingerprint density at radius 3 is 2.40 bits per heavy atom. The Morgan fingerprint density at radius 2 is 1.74 bits per heavy atom. The molecular formula is C26H24FN3O4S. The predicted octanol–water partition coefficient (Wildman–Crippen LogP) is 5.69. The summed E-state index contributed by atoms with van der Waals surface area (Å²) in [6, 6.07) is 16.3. The van der Waals surface area contributed by atoms with Crippen LogP contribution in [-0.2, 0) is 4.79 Å². The summed E-state index contributed by atoms with van der Waals surface area (Å²) in [7, 11) is 1.46. The van der Waals surface area contributed by atoms with E-state index in [9.17, 15) is 19.1 Å². The van der Waals surface area contributed by atoms with Crippen molar-refractivity contribution in [2.45, 2.75) is 19.9 Å². The van der Waals surface area contributed by atoms with Gasteiger partial charge in [-0.2, -0.15) is 0 Å². The molecule has 1 amide bonds. The fourth-order valence-electron chi connectivity index (χ4n) is 3.61. The minimum absolute atomic E-state index is 0.258. The second-order valence-corrected chi connectivity index (χ2v) is 9.31. The van der Waals surface area contributed by atoms with Crippen LogP contribution >= 0.6 is 11.3 Å². The number of methoxy groups -OCH3 is 1. The van der Waals surface area contributed by atoms with Crippen molar-refractivity contribution in [3.63, 3.8) is 0 Å². The summed E-state index contributed by atoms with van der Waals surface area (Å²) < 4.78 is 19.6. The van der Waals surface area contributed by atoms with Gasteiger partial charge in [0.1, 0.15) is 17.6 Å². The second kappa shape index (κ2) is 10.1. The summed E-state index contributed by atoms with van der Waals surface area (Å²) in [5, 5.41) is 15.8. The van der Waals surface area contributed by atoms with Gasteiger partial charge >= 0.3 is 5.97 Å². The molecule has 0 saturated carbocycles. The van der Waals surface area contributed by atoms with Gasteiger partial charge in [-0.15, -0.1) is 0 Å². The first-order chi connectivity index (χ1) is 16.7. The first kappa shape index (κ1) is 24.2. The summed E-state index contributed by atoms with van der Waals surface area (Å²) in [5.74, 6) is -1.81. The number of carbonyl (C=O) groups is 2. The van der Waals surface area contributed by atoms with Crippen LogP contribution < -0.4 is 15.4 Å². The number of carboxylic acids is 1. The normalized spacial score (nSPS) is 11.9. The van der Waals surface area contributed by atoms with Gasteiger partial charge in [-0.25, -0.2) is 14.2 Å². The van der Waals surface area contributed by atoms with E-state index in [1.807, 2.05) is 24.3 Å². The number of hydrogen-bond donors (Lipinski definition) is 3. The molecule has 0 spiro atoms. The monoisotopic (exact) mass is 493 g/mol. The number of nitrogens with zero attached hydrogens (tertiary/aromatic N) is 1. The Morgan fingerprint density at radius 1 is 1.03 bits per heavy atom. The molecule has 180 valence electrons. The van der Waals surface area contributed by atoms with Crippen molar-refractivity contribution < 1.29 is 23.8 Å². The van der Waals surface area contributed by atoms with Gasteiger partial charge in [0, 0.05) is 5.69 Å². The predicted molar refractivity (Wildman–Crippen MR) is 135 cm³/mol. The Hall–Kier alpha value is -3.98. The number of amides is 1. The van der Waals surface area contributed by atoms with Crippen LogP contribution in [0.5, 0.6) is 5.75 Å². The summed E-state index contributed by atoms with van der Waals surface area (Å²) in [4.78, 5) is 28.6. The quantitative estimate of drug-likeness (QED) is 0.291. The van der Waals surface area contributed by atoms with Crippen LogP contribution in [0.25, 0.3) is 21.3 Å². The van der Waals surface area contributed by atoms with Gasteiger partial charge < -0.3 is 20.5 Å². The highest BCUT2D eigenvalue weighted by atomic mass is 32.1. The standard InChI is InChI=1S/C26H24FN3O4S/c1-14(2)23(25(32)33)30-24(31)19-10-6-16(12-21(19)34-3)15-4-8-18(9-5-15)28-26-29-20-11-7-17(27)13-22(20)35-26/h4-14,23H,1-3H3,(H,28,29)(H,30,31)(H,32,33)/t23-/m0/s1. The van der Waals surface area contributed by atoms with E-state index in [4.69, 9.17) is 4.74 Å². The molecule has 0 aliphatic rings. The van der Waals surface area contributed by atoms with E-state index < -0.39 is 17.9 Å². The molecule has 0 fully saturated rings. The molecule has 4 rings (SSSR count). The number of carboxylic acid groups (broad SMARTS) is 1. The van der Waals surface area contributed by atoms with Crippen molar-refractivity contribution in [3.05, 3.63) is 72.0 Å². The fourth-order valence-corrected chi connectivity index (χ4v) is 4.52. The largest absolute Gasteiger partial charge is 0.496 e. The molecule has 1 aromatic heterocycles. The molecule has 4 aromatic rings. The number of aromatic nitrogens is 1. The third-order valence-electron chi connectivity index (χ3n) is 5.49. The van der Waals surface area contributed by atoms with E-state index in [0.717, 1.165) is 27.0 Å². The lowest BCUT2D eigenvalue weighted by Crippen LogP contribution is -2.44. The smallest absolute Gasteiger partial charge is 0.326 e. The van der Waals surface area contributed by atoms with Crippen LogP contribution in [0.3, 0.4) is 0 Å². The van der Waals surface area contributed by atoms with Gasteiger partial charge in [0.05, 0.1) is 22.9 Å². The number of nitrogens with one attached hydrogen (secondary N) is 2. The summed E-state index contributed by atoms with van der Waals surface area (Å²) in [5.41, 5.74) is 3.55. The van der Waals surface area contributed by atoms with E-state index in [2.05, 4.69) is 15.6 Å². The molecule has 1 atom stereocenters. The van der Waals surface area contributed by atoms with Gasteiger partial charge in [0.15, 0.2) is 5.13 Å². The number of hydrogen-bond acceptors (Lipinski definition) is 6. The van der Waals surface area contributed by atoms with Crippen molar-refractivity contribution in [2.24, 2.45) is 5.92 Å². The third-order valence-corrected chi connectivity index (χ3v) is 6.42. The maximum absolute atomic E-state index is 13.4. The Kier molecular flexibility index (Phi) is 6.97. The van der Waals surface area contributed by atoms with Gasteiger partial charge in [-0.1, -0.05) is 43.4 Å². The SMILES string of the molecule is COc1cc(-c2ccc(Nc3nc4ccc(F)cc4s3)cc2)ccc1C(=O)N[C@H](C(=O)O)C(C)C. The van der Waals surface area contributed by atoms with Crippen molar-refractivity contribution in [1.82, 2.24) is 10.3 Å². The van der Waals surface area contributed by atoms with Crippen LogP contribution in [0.15, 0.2) is 60.7 Å². The maximum atomic E-state index is 13.4. The zero-order chi connectivity index (χ0) is 25.1. The number of benzene rings is 3. The van der Waals surface area contributed by atoms with Crippen molar-refractivity contribution in [2.75, 3.05) is 12.4 Å². The molecule has 35 heavy (non-hydrogen) atoms. The van der Waals surface area contributed by atoms with Crippen LogP contribution in [0.2, 0.25) is 0 Å². The molecule has 0 bridgehead atoms. The van der Waals surface area contributed by atoms with E-state index in [1.165, 1.54) is 30.6 Å². The lowest BCUT2D eigenvalue weighted by molar-refractivity contribution is -0.140. The molecule has 3 aromatic carbocycles. The summed E-state index contributed by atoms with van der Waals surface area (Å²) in [6.07, 6.45) is 0. The van der Waals surface area contributed by atoms with Gasteiger partial charge in [-0.3, -0.25) is 4.79 Å². The van der Waals surface area contributed by atoms with Crippen molar-refractivity contribution in [1.29, 1.82) is 0 Å². The molecule has 0 saturated heterocycles. The van der Waals surface area contributed by atoms with Crippen molar-refractivity contribution in [3.8, 4) is 16.9 Å². The average Bonchev–Trinajstić information content (AvgIpc) is 3.23. The number of anilines is 2. The minimum Gasteiger partial charge on any atom is -0.496 e. The van der Waals surface area contributed by atoms with E-state index >= 15 is 0 Å². The molecule has 0 radical (unpaired) electrons. The van der Waals surface area contributed by atoms with Gasteiger partial charge in [0.2, 0.25) is 0 Å². The number of fused-ring (bicyclic) bond motifs is 1. The highest BCUT2D eigenvalue weighted by Crippen LogP contribution is 2.31. The highest BCUT2D eigenvalue weighted by Gasteiger charge is 2.25. The topological polar surface area (TPSA) is 101 Å². The zero-order valence-electron chi connectivity index (χ0n) is 19.3. The summed E-state index contributed by atoms with van der Waals surface area (Å²) in [6.45, 7) is 3.46. The fraction of sp³-hybridized carbons (Fsp3) is 0.192. The zero-order valence-corrected chi connectivity index (χ0v) is 20.2. The molecule has 7 nitrogen and oxygen atoms in total. The molecule has 9 heteroatoms. The second-order valence-electron chi connectivity index (χ2n) is 8.28. The number of ether oxygens (including phenoxy) is 1. The maximum Gasteiger partial charge on any atom is 0.326 e. The lowest BCUT2D eigenvalue weighted by Gasteiger charge is -2.19. The van der Waals surface area contributed by atoms with Gasteiger partial charge in [-0.05, 0) is 59.5 Å². The van der Waals surface area contributed by atoms with Gasteiger partial charge in [0.25, 0.3) is 5.91 Å². The molecule has 1 heterocycles. The first-order valence-corrected chi connectivity index (χ1v) is 11.7. The number of aliphatic carboxylic acids is 1. The lowest BCUT2D eigenvalue weighted by atomic mass is 10.0. The third kappa shape index (κ3) is 5.41. The first-order valence-electron chi connectivity index (χ1n) is 10.9. The number of carbonyl (C=O) groups excluding carboxylic acids is 1. The van der Waals surface area contributed by atoms with Crippen LogP contribution in [0, 0.1) is 11.7 Å². The molecule has 0 unspecified atom stereocenters. The summed E-state index contributed by atoms with van der Waals surface area (Å²) >= 11 is 1.37. The van der Waals surface area contributed by atoms with Crippen LogP contribution in [-0.4, -0.2) is 35.1 Å². The van der Waals surface area contributed by atoms with Crippen LogP contribution in [0.4, 0.5) is 15.2 Å². The number of rotatable bonds is 8. The average molecular weight is 494 g/mol. The van der Waals surface area contributed by atoms with E-state index in [1.54, 1.807) is 38.1 Å². The van der Waals surface area contributed by atoms with E-state index in [0.29, 0.717) is 10.9 Å². The number of halogens is 1. The Labute approximate surface area is 205 Å².